The zero-order chi connectivity index (χ0) is 14.8. The molecule has 1 aromatic carbocycles. The van der Waals surface area contributed by atoms with Gasteiger partial charge in [-0.2, -0.15) is 0 Å². The summed E-state index contributed by atoms with van der Waals surface area (Å²) >= 11 is 0. The van der Waals surface area contributed by atoms with Gasteiger partial charge in [-0.05, 0) is 31.0 Å². The summed E-state index contributed by atoms with van der Waals surface area (Å²) in [5.41, 5.74) is 0.674. The molecule has 0 spiro atoms. The third-order valence-corrected chi connectivity index (χ3v) is 3.76. The van der Waals surface area contributed by atoms with Crippen LogP contribution in [0.4, 0.5) is 0 Å². The summed E-state index contributed by atoms with van der Waals surface area (Å²) in [7, 11) is 1.60. The van der Waals surface area contributed by atoms with Crippen LogP contribution in [-0.4, -0.2) is 42.1 Å². The first-order valence-corrected chi connectivity index (χ1v) is 6.57. The van der Waals surface area contributed by atoms with Crippen molar-refractivity contribution in [2.45, 2.75) is 20.0 Å². The van der Waals surface area contributed by atoms with Gasteiger partial charge in [0.15, 0.2) is 0 Å². The van der Waals surface area contributed by atoms with E-state index in [0.29, 0.717) is 25.1 Å². The van der Waals surface area contributed by atoms with Gasteiger partial charge in [0.05, 0.1) is 12.0 Å². The molecule has 1 saturated heterocycles. The van der Waals surface area contributed by atoms with Gasteiger partial charge in [-0.1, -0.05) is 12.1 Å². The zero-order valence-electron chi connectivity index (χ0n) is 11.8. The summed E-state index contributed by atoms with van der Waals surface area (Å²) in [4.78, 5) is 25.2. The lowest BCUT2D eigenvalue weighted by Gasteiger charge is -2.20. The molecule has 1 atom stereocenters. The van der Waals surface area contributed by atoms with E-state index < -0.39 is 11.4 Å². The van der Waals surface area contributed by atoms with Crippen molar-refractivity contribution in [1.82, 2.24) is 4.90 Å². The molecule has 1 aliphatic heterocycles. The summed E-state index contributed by atoms with van der Waals surface area (Å²) in [5.74, 6) is -0.964. The fourth-order valence-electron chi connectivity index (χ4n) is 2.45. The van der Waals surface area contributed by atoms with Gasteiger partial charge in [-0.25, -0.2) is 0 Å². The predicted molar refractivity (Wildman–Crippen MR) is 73.4 cm³/mol. The fourth-order valence-corrected chi connectivity index (χ4v) is 2.45. The maximum absolute atomic E-state index is 12.4. The molecule has 5 nitrogen and oxygen atoms in total. The van der Waals surface area contributed by atoms with E-state index in [0.717, 1.165) is 5.56 Å². The van der Waals surface area contributed by atoms with Crippen LogP contribution in [0.15, 0.2) is 24.3 Å². The second-order valence-corrected chi connectivity index (χ2v) is 5.48. The number of carboxylic acids is 1. The average Bonchev–Trinajstić information content (AvgIpc) is 2.83. The monoisotopic (exact) mass is 277 g/mol. The number of rotatable bonds is 4. The lowest BCUT2D eigenvalue weighted by Crippen LogP contribution is -2.34. The average molecular weight is 277 g/mol. The van der Waals surface area contributed by atoms with Crippen molar-refractivity contribution in [2.75, 3.05) is 20.2 Å². The van der Waals surface area contributed by atoms with Crippen LogP contribution in [0.3, 0.4) is 0 Å². The van der Waals surface area contributed by atoms with E-state index in [1.807, 2.05) is 12.1 Å². The Morgan fingerprint density at radius 3 is 2.80 bits per heavy atom. The molecule has 0 aromatic heterocycles. The largest absolute Gasteiger partial charge is 0.481 e. The maximum Gasteiger partial charge on any atom is 0.311 e. The van der Waals surface area contributed by atoms with Crippen LogP contribution in [0.25, 0.3) is 0 Å². The van der Waals surface area contributed by atoms with E-state index in [9.17, 15) is 14.7 Å². The van der Waals surface area contributed by atoms with Gasteiger partial charge in [0.25, 0.3) is 5.91 Å². The summed E-state index contributed by atoms with van der Waals surface area (Å²) in [5, 5.41) is 9.20. The van der Waals surface area contributed by atoms with Crippen LogP contribution >= 0.6 is 0 Å². The van der Waals surface area contributed by atoms with Gasteiger partial charge < -0.3 is 14.7 Å². The highest BCUT2D eigenvalue weighted by Gasteiger charge is 2.42. The van der Waals surface area contributed by atoms with E-state index in [2.05, 4.69) is 0 Å². The second-order valence-electron chi connectivity index (χ2n) is 5.48. The number of aliphatic carboxylic acids is 1. The molecule has 0 saturated carbocycles. The molecule has 5 heteroatoms. The maximum atomic E-state index is 12.4. The van der Waals surface area contributed by atoms with E-state index in [1.165, 1.54) is 0 Å². The van der Waals surface area contributed by atoms with Crippen molar-refractivity contribution in [3.05, 3.63) is 35.4 Å². The minimum atomic E-state index is -0.846. The molecule has 20 heavy (non-hydrogen) atoms. The Morgan fingerprint density at radius 2 is 2.20 bits per heavy atom. The molecule has 1 aliphatic rings. The van der Waals surface area contributed by atoms with Gasteiger partial charge >= 0.3 is 5.97 Å². The number of hydrogen-bond acceptors (Lipinski definition) is 3. The van der Waals surface area contributed by atoms with Crippen LogP contribution in [0.2, 0.25) is 0 Å². The summed E-state index contributed by atoms with van der Waals surface area (Å²) in [6.07, 6.45) is 0.492. The first kappa shape index (κ1) is 14.5. The van der Waals surface area contributed by atoms with E-state index in [1.54, 1.807) is 31.1 Å². The zero-order valence-corrected chi connectivity index (χ0v) is 11.8. The Labute approximate surface area is 118 Å². The fraction of sp³-hybridized carbons (Fsp3) is 0.467. The number of carbonyl (C=O) groups is 2. The highest BCUT2D eigenvalue weighted by Crippen LogP contribution is 2.31. The van der Waals surface area contributed by atoms with Crippen LogP contribution in [-0.2, 0) is 16.1 Å². The Morgan fingerprint density at radius 1 is 1.45 bits per heavy atom. The molecule has 0 radical (unpaired) electrons. The molecule has 0 unspecified atom stereocenters. The number of carboxylic acid groups (broad SMARTS) is 1. The summed E-state index contributed by atoms with van der Waals surface area (Å²) in [6, 6.07) is 7.25. The number of methoxy groups -OCH3 is 1. The Kier molecular flexibility index (Phi) is 4.09. The van der Waals surface area contributed by atoms with Crippen LogP contribution in [0.1, 0.15) is 29.3 Å². The number of likely N-dealkylation sites (tertiary alicyclic amines) is 1. The molecular formula is C15H19NO4. The number of benzene rings is 1. The lowest BCUT2D eigenvalue weighted by atomic mass is 9.90. The molecule has 1 amide bonds. The van der Waals surface area contributed by atoms with Gasteiger partial charge in [0, 0.05) is 25.8 Å². The van der Waals surface area contributed by atoms with E-state index in [4.69, 9.17) is 4.74 Å². The topological polar surface area (TPSA) is 66.8 Å². The third-order valence-electron chi connectivity index (χ3n) is 3.76. The number of amides is 1. The first-order chi connectivity index (χ1) is 9.46. The normalized spacial score (nSPS) is 22.0. The smallest absolute Gasteiger partial charge is 0.311 e. The molecule has 2 rings (SSSR count). The highest BCUT2D eigenvalue weighted by molar-refractivity contribution is 5.95. The van der Waals surface area contributed by atoms with Crippen LogP contribution in [0.5, 0.6) is 0 Å². The first-order valence-electron chi connectivity index (χ1n) is 6.57. The van der Waals surface area contributed by atoms with Gasteiger partial charge in [-0.15, -0.1) is 0 Å². The van der Waals surface area contributed by atoms with Gasteiger partial charge in [0.2, 0.25) is 0 Å². The Balaban J connectivity index is 2.13. The number of nitrogens with zero attached hydrogens (tertiary/aromatic N) is 1. The molecular weight excluding hydrogens is 258 g/mol. The summed E-state index contributed by atoms with van der Waals surface area (Å²) in [6.45, 7) is 2.88. The molecule has 0 aliphatic carbocycles. The SMILES string of the molecule is COCc1cccc(C(=O)N2CC[C@](C)(C(=O)O)C2)c1. The lowest BCUT2D eigenvalue weighted by molar-refractivity contribution is -0.147. The van der Waals surface area contributed by atoms with Crippen molar-refractivity contribution in [1.29, 1.82) is 0 Å². The second kappa shape index (κ2) is 5.63. The summed E-state index contributed by atoms with van der Waals surface area (Å²) < 4.78 is 5.05. The van der Waals surface area contributed by atoms with Crippen LogP contribution in [0, 0.1) is 5.41 Å². The van der Waals surface area contributed by atoms with Gasteiger partial charge in [0.1, 0.15) is 0 Å². The standard InChI is InChI=1S/C15H19NO4/c1-15(14(18)19)6-7-16(10-15)13(17)12-5-3-4-11(8-12)9-20-2/h3-5,8H,6-7,9-10H2,1-2H3,(H,18,19)/t15-/m0/s1. The van der Waals surface area contributed by atoms with Crippen molar-refractivity contribution in [2.24, 2.45) is 5.41 Å². The Bertz CT molecular complexity index is 528. The van der Waals surface area contributed by atoms with Gasteiger partial charge in [-0.3, -0.25) is 9.59 Å². The van der Waals surface area contributed by atoms with Crippen molar-refractivity contribution >= 4 is 11.9 Å². The molecule has 1 N–H and O–H groups in total. The molecule has 1 aromatic rings. The van der Waals surface area contributed by atoms with Crippen molar-refractivity contribution in [3.8, 4) is 0 Å². The minimum absolute atomic E-state index is 0.118. The molecule has 108 valence electrons. The third kappa shape index (κ3) is 2.82. The quantitative estimate of drug-likeness (QED) is 0.910. The van der Waals surface area contributed by atoms with Crippen molar-refractivity contribution in [3.63, 3.8) is 0 Å². The van der Waals surface area contributed by atoms with E-state index >= 15 is 0 Å². The molecule has 1 fully saturated rings. The predicted octanol–water partition coefficient (Wildman–Crippen LogP) is 1.77. The van der Waals surface area contributed by atoms with Crippen molar-refractivity contribution < 1.29 is 19.4 Å². The number of hydrogen-bond donors (Lipinski definition) is 1. The highest BCUT2D eigenvalue weighted by atomic mass is 16.5. The molecule has 0 bridgehead atoms. The number of ether oxygens (including phenoxy) is 1. The minimum Gasteiger partial charge on any atom is -0.481 e. The van der Waals surface area contributed by atoms with Crippen LogP contribution < -0.4 is 0 Å². The van der Waals surface area contributed by atoms with E-state index in [-0.39, 0.29) is 12.5 Å². The number of carbonyl (C=O) groups excluding carboxylic acids is 1. The molecule has 1 heterocycles. The Hall–Kier alpha value is -1.88.